The first kappa shape index (κ1) is 18.2. The van der Waals surface area contributed by atoms with Crippen molar-refractivity contribution in [1.82, 2.24) is 20.4 Å². The summed E-state index contributed by atoms with van der Waals surface area (Å²) in [5.41, 5.74) is 4.37. The maximum absolute atomic E-state index is 13.1. The summed E-state index contributed by atoms with van der Waals surface area (Å²) in [7, 11) is 0. The highest BCUT2D eigenvalue weighted by Gasteiger charge is 2.29. The molecule has 3 aromatic heterocycles. The predicted octanol–water partition coefficient (Wildman–Crippen LogP) is 4.61. The number of nitrogens with zero attached hydrogens (tertiary/aromatic N) is 3. The van der Waals surface area contributed by atoms with Crippen LogP contribution in [0.2, 0.25) is 0 Å². The summed E-state index contributed by atoms with van der Waals surface area (Å²) in [6.07, 6.45) is 9.52. The zero-order chi connectivity index (χ0) is 20.3. The molecule has 30 heavy (non-hydrogen) atoms. The van der Waals surface area contributed by atoms with Crippen molar-refractivity contribution in [2.45, 2.75) is 18.8 Å². The number of carbonyl (C=O) groups is 1. The van der Waals surface area contributed by atoms with E-state index in [0.29, 0.717) is 34.8 Å². The van der Waals surface area contributed by atoms with E-state index in [-0.39, 0.29) is 5.91 Å². The molecule has 6 nitrogen and oxygen atoms in total. The molecule has 1 aliphatic carbocycles. The number of benzene rings is 1. The van der Waals surface area contributed by atoms with Gasteiger partial charge in [-0.3, -0.25) is 9.78 Å². The maximum atomic E-state index is 13.1. The van der Waals surface area contributed by atoms with Gasteiger partial charge in [0.25, 0.3) is 11.6 Å². The second-order valence-electron chi connectivity index (χ2n) is 7.35. The van der Waals surface area contributed by atoms with Crippen molar-refractivity contribution in [3.8, 4) is 11.3 Å². The molecule has 1 aliphatic rings. The van der Waals surface area contributed by atoms with Crippen LogP contribution >= 0.6 is 0 Å². The number of hydrogen-bond donors (Lipinski definition) is 1. The van der Waals surface area contributed by atoms with Crippen molar-refractivity contribution in [1.29, 1.82) is 0 Å². The number of rotatable bonds is 6. The summed E-state index contributed by atoms with van der Waals surface area (Å²) >= 11 is 0. The molecule has 0 unspecified atom stereocenters. The summed E-state index contributed by atoms with van der Waals surface area (Å²) in [4.78, 5) is 21.8. The fourth-order valence-electron chi connectivity index (χ4n) is 3.45. The molecule has 5 rings (SSSR count). The highest BCUT2D eigenvalue weighted by molar-refractivity contribution is 6.09. The van der Waals surface area contributed by atoms with Gasteiger partial charge < -0.3 is 9.84 Å². The van der Waals surface area contributed by atoms with Gasteiger partial charge in [-0.2, -0.15) is 0 Å². The number of amides is 1. The lowest BCUT2D eigenvalue weighted by molar-refractivity contribution is 0.0959. The van der Waals surface area contributed by atoms with Gasteiger partial charge in [0.15, 0.2) is 0 Å². The number of nitrogens with one attached hydrogen (secondary N) is 1. The first-order valence-electron chi connectivity index (χ1n) is 10.00. The van der Waals surface area contributed by atoms with E-state index >= 15 is 0 Å². The van der Waals surface area contributed by atoms with Crippen LogP contribution in [0.5, 0.6) is 0 Å². The van der Waals surface area contributed by atoms with Crippen LogP contribution in [0.25, 0.3) is 28.4 Å². The average molecular weight is 396 g/mol. The molecule has 1 saturated carbocycles. The molecule has 1 fully saturated rings. The van der Waals surface area contributed by atoms with E-state index in [9.17, 15) is 4.79 Å². The minimum Gasteiger partial charge on any atom is -0.349 e. The zero-order valence-electron chi connectivity index (χ0n) is 16.3. The highest BCUT2D eigenvalue weighted by atomic mass is 16.5. The van der Waals surface area contributed by atoms with Gasteiger partial charge in [0, 0.05) is 36.1 Å². The molecule has 1 N–H and O–H groups in total. The molecular formula is C24H20N4O2. The fourth-order valence-corrected chi connectivity index (χ4v) is 3.45. The quantitative estimate of drug-likeness (QED) is 0.515. The Morgan fingerprint density at radius 3 is 2.80 bits per heavy atom. The molecule has 1 amide bonds. The Balaban J connectivity index is 1.46. The van der Waals surface area contributed by atoms with E-state index < -0.39 is 0 Å². The van der Waals surface area contributed by atoms with Gasteiger partial charge in [0.1, 0.15) is 5.69 Å². The summed E-state index contributed by atoms with van der Waals surface area (Å²) in [5, 5.41) is 7.85. The SMILES string of the molecule is O=C(NC/C=C/c1cccnc1)c1cc(C2CC2)nc2onc(-c3ccccc3)c12. The van der Waals surface area contributed by atoms with E-state index in [4.69, 9.17) is 4.52 Å². The Kier molecular flexibility index (Phi) is 4.81. The smallest absolute Gasteiger partial charge is 0.259 e. The van der Waals surface area contributed by atoms with Crippen LogP contribution in [0.1, 0.15) is 40.4 Å². The third-order valence-electron chi connectivity index (χ3n) is 5.13. The number of hydrogen-bond acceptors (Lipinski definition) is 5. The van der Waals surface area contributed by atoms with Crippen LogP contribution in [0.15, 0.2) is 71.5 Å². The Morgan fingerprint density at radius 1 is 1.17 bits per heavy atom. The minimum atomic E-state index is -0.166. The molecule has 0 spiro atoms. The Bertz CT molecular complexity index is 1210. The van der Waals surface area contributed by atoms with Crippen molar-refractivity contribution in [2.75, 3.05) is 6.54 Å². The van der Waals surface area contributed by atoms with E-state index in [1.165, 1.54) is 0 Å². The third kappa shape index (κ3) is 3.72. The summed E-state index contributed by atoms with van der Waals surface area (Å²) < 4.78 is 5.53. The van der Waals surface area contributed by atoms with E-state index in [1.54, 1.807) is 12.4 Å². The lowest BCUT2D eigenvalue weighted by atomic mass is 10.0. The molecule has 148 valence electrons. The number of aromatic nitrogens is 3. The standard InChI is InChI=1S/C24H20N4O2/c29-23(26-13-5-7-16-6-4-12-25-15-16)19-14-20(17-10-11-17)27-24-21(19)22(28-30-24)18-8-2-1-3-9-18/h1-9,12,14-15,17H,10-11,13H2,(H,26,29)/b7-5+. The predicted molar refractivity (Wildman–Crippen MR) is 115 cm³/mol. The summed E-state index contributed by atoms with van der Waals surface area (Å²) in [5.74, 6) is 0.234. The molecule has 0 radical (unpaired) electrons. The maximum Gasteiger partial charge on any atom is 0.259 e. The molecule has 0 atom stereocenters. The number of carbonyl (C=O) groups excluding carboxylic acids is 1. The molecule has 1 aromatic carbocycles. The Morgan fingerprint density at radius 2 is 2.03 bits per heavy atom. The van der Waals surface area contributed by atoms with E-state index in [2.05, 4.69) is 20.4 Å². The second-order valence-corrected chi connectivity index (χ2v) is 7.35. The van der Waals surface area contributed by atoms with Crippen molar-refractivity contribution in [2.24, 2.45) is 0 Å². The van der Waals surface area contributed by atoms with Crippen molar-refractivity contribution >= 4 is 23.1 Å². The molecular weight excluding hydrogens is 376 g/mol. The Labute approximate surface area is 173 Å². The second kappa shape index (κ2) is 7.91. The highest BCUT2D eigenvalue weighted by Crippen LogP contribution is 2.41. The van der Waals surface area contributed by atoms with Gasteiger partial charge in [-0.1, -0.05) is 53.7 Å². The molecule has 4 aromatic rings. The van der Waals surface area contributed by atoms with Crippen LogP contribution in [0.4, 0.5) is 0 Å². The van der Waals surface area contributed by atoms with Gasteiger partial charge >= 0.3 is 0 Å². The molecule has 3 heterocycles. The lowest BCUT2D eigenvalue weighted by Gasteiger charge is -2.07. The van der Waals surface area contributed by atoms with Gasteiger partial charge in [0.2, 0.25) is 0 Å². The van der Waals surface area contributed by atoms with E-state index in [1.807, 2.05) is 60.7 Å². The van der Waals surface area contributed by atoms with Gasteiger partial charge in [0.05, 0.1) is 10.9 Å². The normalized spacial score (nSPS) is 13.7. The Hall–Kier alpha value is -3.80. The van der Waals surface area contributed by atoms with E-state index in [0.717, 1.165) is 29.7 Å². The van der Waals surface area contributed by atoms with Crippen LogP contribution in [0, 0.1) is 0 Å². The molecule has 0 aliphatic heterocycles. The summed E-state index contributed by atoms with van der Waals surface area (Å²) in [6, 6.07) is 15.4. The third-order valence-corrected chi connectivity index (χ3v) is 5.13. The monoisotopic (exact) mass is 396 g/mol. The average Bonchev–Trinajstić information content (AvgIpc) is 3.56. The van der Waals surface area contributed by atoms with Crippen LogP contribution in [0.3, 0.4) is 0 Å². The topological polar surface area (TPSA) is 80.9 Å². The summed E-state index contributed by atoms with van der Waals surface area (Å²) in [6.45, 7) is 0.405. The van der Waals surface area contributed by atoms with Gasteiger partial charge in [-0.05, 0) is 30.5 Å². The molecule has 0 saturated heterocycles. The first-order chi connectivity index (χ1) is 14.8. The van der Waals surface area contributed by atoms with Crippen molar-refractivity contribution in [3.63, 3.8) is 0 Å². The number of pyridine rings is 2. The molecule has 6 heteroatoms. The van der Waals surface area contributed by atoms with Crippen LogP contribution in [-0.2, 0) is 0 Å². The van der Waals surface area contributed by atoms with Crippen molar-refractivity contribution < 1.29 is 9.32 Å². The van der Waals surface area contributed by atoms with Gasteiger partial charge in [-0.25, -0.2) is 4.98 Å². The number of fused-ring (bicyclic) bond motifs is 1. The van der Waals surface area contributed by atoms with Crippen molar-refractivity contribution in [3.05, 3.63) is 83.8 Å². The lowest BCUT2D eigenvalue weighted by Crippen LogP contribution is -2.24. The largest absolute Gasteiger partial charge is 0.349 e. The van der Waals surface area contributed by atoms with Gasteiger partial charge in [-0.15, -0.1) is 0 Å². The van der Waals surface area contributed by atoms with Crippen LogP contribution in [-0.4, -0.2) is 27.6 Å². The fraction of sp³-hybridized carbons (Fsp3) is 0.167. The first-order valence-corrected chi connectivity index (χ1v) is 10.00. The zero-order valence-corrected chi connectivity index (χ0v) is 16.3. The minimum absolute atomic E-state index is 0.166. The van der Waals surface area contributed by atoms with Crippen LogP contribution < -0.4 is 5.32 Å². The molecule has 0 bridgehead atoms.